The average molecular weight is 268 g/mol. The van der Waals surface area contributed by atoms with Crippen LogP contribution in [0.25, 0.3) is 0 Å². The van der Waals surface area contributed by atoms with Crippen LogP contribution in [0, 0.1) is 0 Å². The van der Waals surface area contributed by atoms with Crippen LogP contribution in [0.1, 0.15) is 45.4 Å². The number of hydrogen-bond acceptors (Lipinski definition) is 3. The number of rotatable bonds is 3. The van der Waals surface area contributed by atoms with E-state index in [0.29, 0.717) is 0 Å². The van der Waals surface area contributed by atoms with Crippen LogP contribution in [0.5, 0.6) is 0 Å². The van der Waals surface area contributed by atoms with Gasteiger partial charge in [-0.2, -0.15) is 0 Å². The molecule has 1 saturated carbocycles. The first-order valence-corrected chi connectivity index (χ1v) is 7.78. The highest BCUT2D eigenvalue weighted by Crippen LogP contribution is 2.23. The molecule has 1 saturated heterocycles. The first-order valence-electron chi connectivity index (χ1n) is 7.78. The van der Waals surface area contributed by atoms with Gasteiger partial charge in [0, 0.05) is 39.3 Å². The van der Waals surface area contributed by atoms with E-state index in [1.807, 2.05) is 11.8 Å². The zero-order chi connectivity index (χ0) is 13.7. The van der Waals surface area contributed by atoms with Crippen LogP contribution in [0.2, 0.25) is 0 Å². The van der Waals surface area contributed by atoms with E-state index in [2.05, 4.69) is 4.90 Å². The van der Waals surface area contributed by atoms with Crippen molar-refractivity contribution in [2.45, 2.75) is 57.6 Å². The largest absolute Gasteiger partial charge is 0.372 e. The number of hydrogen-bond donors (Lipinski definition) is 0. The van der Waals surface area contributed by atoms with Gasteiger partial charge in [-0.25, -0.2) is 0 Å². The molecule has 4 nitrogen and oxygen atoms in total. The second-order valence-corrected chi connectivity index (χ2v) is 5.88. The summed E-state index contributed by atoms with van der Waals surface area (Å²) in [6.45, 7) is 5.77. The van der Waals surface area contributed by atoms with E-state index in [0.717, 1.165) is 38.6 Å². The summed E-state index contributed by atoms with van der Waals surface area (Å²) in [6.07, 6.45) is 7.65. The lowest BCUT2D eigenvalue weighted by Gasteiger charge is -2.33. The van der Waals surface area contributed by atoms with Crippen molar-refractivity contribution in [1.29, 1.82) is 0 Å². The van der Waals surface area contributed by atoms with Crippen LogP contribution in [-0.4, -0.2) is 61.1 Å². The maximum Gasteiger partial charge on any atom is 0.251 e. The van der Waals surface area contributed by atoms with Crippen LogP contribution in [-0.2, 0) is 9.53 Å². The molecule has 4 heteroatoms. The Kier molecular flexibility index (Phi) is 5.64. The molecule has 0 unspecified atom stereocenters. The monoisotopic (exact) mass is 268 g/mol. The number of nitrogens with zero attached hydrogens (tertiary/aromatic N) is 2. The number of carbonyl (C=O) groups excluding carboxylic acids is 1. The van der Waals surface area contributed by atoms with E-state index in [1.54, 1.807) is 7.11 Å². The zero-order valence-corrected chi connectivity index (χ0v) is 12.4. The molecule has 2 fully saturated rings. The lowest BCUT2D eigenvalue weighted by Crippen LogP contribution is -2.42. The lowest BCUT2D eigenvalue weighted by atomic mass is 9.94. The summed E-state index contributed by atoms with van der Waals surface area (Å²) >= 11 is 0. The van der Waals surface area contributed by atoms with Gasteiger partial charge in [-0.05, 0) is 26.2 Å². The van der Waals surface area contributed by atoms with Crippen molar-refractivity contribution in [2.24, 2.45) is 0 Å². The molecule has 1 aliphatic heterocycles. The summed E-state index contributed by atoms with van der Waals surface area (Å²) in [5.41, 5.74) is 0. The van der Waals surface area contributed by atoms with Crippen molar-refractivity contribution in [1.82, 2.24) is 9.80 Å². The zero-order valence-electron chi connectivity index (χ0n) is 12.4. The number of amides is 1. The average Bonchev–Trinajstić information content (AvgIpc) is 2.72. The molecule has 0 bridgehead atoms. The van der Waals surface area contributed by atoms with E-state index in [-0.39, 0.29) is 12.0 Å². The quantitative estimate of drug-likeness (QED) is 0.783. The minimum Gasteiger partial charge on any atom is -0.372 e. The maximum absolute atomic E-state index is 12.1. The normalized spacial score (nSPS) is 25.1. The molecule has 1 aliphatic carbocycles. The fourth-order valence-electron chi connectivity index (χ4n) is 3.33. The van der Waals surface area contributed by atoms with Crippen LogP contribution < -0.4 is 0 Å². The Labute approximate surface area is 117 Å². The van der Waals surface area contributed by atoms with Crippen molar-refractivity contribution in [3.63, 3.8) is 0 Å². The minimum absolute atomic E-state index is 0.146. The summed E-state index contributed by atoms with van der Waals surface area (Å²) in [7, 11) is 1.61. The third-order valence-electron chi connectivity index (χ3n) is 4.63. The highest BCUT2D eigenvalue weighted by Gasteiger charge is 2.26. The second kappa shape index (κ2) is 7.25. The van der Waals surface area contributed by atoms with Gasteiger partial charge in [0.25, 0.3) is 5.91 Å². The topological polar surface area (TPSA) is 32.8 Å². The Bertz CT molecular complexity index is 290. The molecule has 2 aliphatic rings. The third kappa shape index (κ3) is 3.93. The highest BCUT2D eigenvalue weighted by atomic mass is 16.5. The standard InChI is InChI=1S/C15H28N2O2/c1-13(19-2)15(18)17-10-6-9-16(11-12-17)14-7-4-3-5-8-14/h13-14H,3-12H2,1-2H3/t13-/m0/s1. The molecule has 0 radical (unpaired) electrons. The second-order valence-electron chi connectivity index (χ2n) is 5.88. The van der Waals surface area contributed by atoms with Gasteiger partial charge in [0.1, 0.15) is 6.10 Å². The molecule has 1 amide bonds. The Morgan fingerprint density at radius 1 is 1.05 bits per heavy atom. The molecular weight excluding hydrogens is 240 g/mol. The van der Waals surface area contributed by atoms with Gasteiger partial charge in [-0.3, -0.25) is 9.69 Å². The number of methoxy groups -OCH3 is 1. The Morgan fingerprint density at radius 3 is 2.47 bits per heavy atom. The lowest BCUT2D eigenvalue weighted by molar-refractivity contribution is -0.140. The molecular formula is C15H28N2O2. The van der Waals surface area contributed by atoms with Crippen molar-refractivity contribution < 1.29 is 9.53 Å². The van der Waals surface area contributed by atoms with Crippen LogP contribution in [0.3, 0.4) is 0 Å². The van der Waals surface area contributed by atoms with Gasteiger partial charge in [0.05, 0.1) is 0 Å². The van der Waals surface area contributed by atoms with Crippen molar-refractivity contribution in [3.8, 4) is 0 Å². The van der Waals surface area contributed by atoms with Crippen LogP contribution in [0.4, 0.5) is 0 Å². The Hall–Kier alpha value is -0.610. The Morgan fingerprint density at radius 2 is 1.79 bits per heavy atom. The molecule has 19 heavy (non-hydrogen) atoms. The Balaban J connectivity index is 1.85. The predicted molar refractivity (Wildman–Crippen MR) is 76.1 cm³/mol. The third-order valence-corrected chi connectivity index (χ3v) is 4.63. The van der Waals surface area contributed by atoms with E-state index >= 15 is 0 Å². The van der Waals surface area contributed by atoms with E-state index in [4.69, 9.17) is 4.74 Å². The van der Waals surface area contributed by atoms with E-state index in [1.165, 1.54) is 32.1 Å². The summed E-state index contributed by atoms with van der Waals surface area (Å²) in [5, 5.41) is 0. The first-order chi connectivity index (χ1) is 9.22. The van der Waals surface area contributed by atoms with Crippen LogP contribution >= 0.6 is 0 Å². The smallest absolute Gasteiger partial charge is 0.251 e. The van der Waals surface area contributed by atoms with Gasteiger partial charge in [0.15, 0.2) is 0 Å². The van der Waals surface area contributed by atoms with Crippen molar-refractivity contribution >= 4 is 5.91 Å². The molecule has 110 valence electrons. The predicted octanol–water partition coefficient (Wildman–Crippen LogP) is 1.89. The summed E-state index contributed by atoms with van der Waals surface area (Å²) < 4.78 is 5.14. The molecule has 2 rings (SSSR count). The van der Waals surface area contributed by atoms with Gasteiger partial charge in [0.2, 0.25) is 0 Å². The van der Waals surface area contributed by atoms with Gasteiger partial charge in [-0.15, -0.1) is 0 Å². The van der Waals surface area contributed by atoms with Crippen LogP contribution in [0.15, 0.2) is 0 Å². The van der Waals surface area contributed by atoms with E-state index in [9.17, 15) is 4.79 Å². The van der Waals surface area contributed by atoms with Crippen molar-refractivity contribution in [2.75, 3.05) is 33.3 Å². The fraction of sp³-hybridized carbons (Fsp3) is 0.933. The summed E-state index contributed by atoms with van der Waals surface area (Å²) in [5.74, 6) is 0.146. The molecule has 0 aromatic rings. The molecule has 0 aromatic heterocycles. The summed E-state index contributed by atoms with van der Waals surface area (Å²) in [6, 6.07) is 0.767. The molecule has 1 heterocycles. The first kappa shape index (κ1) is 14.8. The highest BCUT2D eigenvalue weighted by molar-refractivity contribution is 5.80. The van der Waals surface area contributed by atoms with E-state index < -0.39 is 0 Å². The minimum atomic E-state index is -0.304. The SMILES string of the molecule is CO[C@@H](C)C(=O)N1CCCN(C2CCCCC2)CC1. The van der Waals surface area contributed by atoms with Gasteiger partial charge < -0.3 is 9.64 Å². The van der Waals surface area contributed by atoms with Gasteiger partial charge >= 0.3 is 0 Å². The molecule has 0 spiro atoms. The molecule has 0 aromatic carbocycles. The summed E-state index contributed by atoms with van der Waals surface area (Å²) in [4.78, 5) is 16.7. The number of carbonyl (C=O) groups is 1. The van der Waals surface area contributed by atoms with Crippen molar-refractivity contribution in [3.05, 3.63) is 0 Å². The molecule has 1 atom stereocenters. The number of ether oxygens (including phenoxy) is 1. The molecule has 0 N–H and O–H groups in total. The maximum atomic E-state index is 12.1. The fourth-order valence-corrected chi connectivity index (χ4v) is 3.33. The van der Waals surface area contributed by atoms with Gasteiger partial charge in [-0.1, -0.05) is 19.3 Å².